The van der Waals surface area contributed by atoms with Crippen molar-refractivity contribution in [2.75, 3.05) is 6.67 Å². The number of rotatable bonds is 5. The molecule has 0 bridgehead atoms. The largest absolute Gasteiger partial charge is 0.338 e. The van der Waals surface area contributed by atoms with Crippen molar-refractivity contribution >= 4 is 17.7 Å². The summed E-state index contributed by atoms with van der Waals surface area (Å²) in [5.41, 5.74) is 0. The quantitative estimate of drug-likeness (QED) is 0.671. The Hall–Kier alpha value is -1.39. The molecule has 0 radical (unpaired) electrons. The summed E-state index contributed by atoms with van der Waals surface area (Å²) in [6.07, 6.45) is 2.77. The van der Waals surface area contributed by atoms with Crippen LogP contribution in [0.1, 0.15) is 39.0 Å². The average molecular weight is 212 g/mol. The van der Waals surface area contributed by atoms with E-state index >= 15 is 0 Å². The molecule has 1 rings (SSSR count). The third kappa shape index (κ3) is 3.34. The molecule has 84 valence electrons. The van der Waals surface area contributed by atoms with Crippen LogP contribution in [-0.2, 0) is 14.4 Å². The molecule has 0 atom stereocenters. The summed E-state index contributed by atoms with van der Waals surface area (Å²) in [6, 6.07) is 0. The summed E-state index contributed by atoms with van der Waals surface area (Å²) < 4.78 is 0. The molecular formula is C10H16N2O3. The molecule has 5 heteroatoms. The van der Waals surface area contributed by atoms with E-state index in [1.54, 1.807) is 0 Å². The minimum absolute atomic E-state index is 0.0280. The van der Waals surface area contributed by atoms with E-state index in [0.29, 0.717) is 6.42 Å². The van der Waals surface area contributed by atoms with Gasteiger partial charge in [0.1, 0.15) is 6.67 Å². The van der Waals surface area contributed by atoms with Crippen LogP contribution in [-0.4, -0.2) is 29.3 Å². The van der Waals surface area contributed by atoms with Crippen molar-refractivity contribution in [1.82, 2.24) is 10.2 Å². The molecule has 1 heterocycles. The van der Waals surface area contributed by atoms with Crippen molar-refractivity contribution in [3.63, 3.8) is 0 Å². The first-order chi connectivity index (χ1) is 7.15. The average Bonchev–Trinajstić information content (AvgIpc) is 2.53. The first-order valence-electron chi connectivity index (χ1n) is 5.25. The second-order valence-corrected chi connectivity index (χ2v) is 3.58. The van der Waals surface area contributed by atoms with E-state index in [2.05, 4.69) is 5.32 Å². The van der Waals surface area contributed by atoms with Gasteiger partial charge in [0.15, 0.2) is 0 Å². The number of amides is 3. The summed E-state index contributed by atoms with van der Waals surface area (Å²) in [5, 5.41) is 2.57. The molecular weight excluding hydrogens is 196 g/mol. The van der Waals surface area contributed by atoms with Crippen molar-refractivity contribution in [3.8, 4) is 0 Å². The number of carbonyl (C=O) groups excluding carboxylic acids is 3. The second-order valence-electron chi connectivity index (χ2n) is 3.58. The standard InChI is InChI=1S/C10H16N2O3/c1-2-3-4-8(13)11-7-12-9(14)5-6-10(12)15/h2-7H2,1H3,(H,11,13). The van der Waals surface area contributed by atoms with Gasteiger partial charge >= 0.3 is 0 Å². The van der Waals surface area contributed by atoms with Crippen LogP contribution in [0.15, 0.2) is 0 Å². The number of likely N-dealkylation sites (tertiary alicyclic amines) is 1. The molecule has 0 saturated carbocycles. The second kappa shape index (κ2) is 5.48. The van der Waals surface area contributed by atoms with Crippen molar-refractivity contribution in [2.24, 2.45) is 0 Å². The van der Waals surface area contributed by atoms with Crippen molar-refractivity contribution in [3.05, 3.63) is 0 Å². The monoisotopic (exact) mass is 212 g/mol. The normalized spacial score (nSPS) is 15.9. The Morgan fingerprint density at radius 1 is 1.33 bits per heavy atom. The van der Waals surface area contributed by atoms with E-state index < -0.39 is 0 Å². The topological polar surface area (TPSA) is 66.5 Å². The van der Waals surface area contributed by atoms with Gasteiger partial charge in [-0.15, -0.1) is 0 Å². The summed E-state index contributed by atoms with van der Waals surface area (Å²) in [6.45, 7) is 2.03. The van der Waals surface area contributed by atoms with Gasteiger partial charge in [0.2, 0.25) is 17.7 Å². The number of hydrogen-bond acceptors (Lipinski definition) is 3. The third-order valence-electron chi connectivity index (χ3n) is 2.35. The fraction of sp³-hybridized carbons (Fsp3) is 0.700. The Kier molecular flexibility index (Phi) is 4.27. The zero-order chi connectivity index (χ0) is 11.3. The van der Waals surface area contributed by atoms with Crippen LogP contribution in [0.5, 0.6) is 0 Å². The lowest BCUT2D eigenvalue weighted by Gasteiger charge is -2.14. The Bertz CT molecular complexity index is 260. The third-order valence-corrected chi connectivity index (χ3v) is 2.35. The number of carbonyl (C=O) groups is 3. The summed E-state index contributed by atoms with van der Waals surface area (Å²) >= 11 is 0. The van der Waals surface area contributed by atoms with Crippen LogP contribution in [0.2, 0.25) is 0 Å². The van der Waals surface area contributed by atoms with E-state index in [0.717, 1.165) is 17.7 Å². The Morgan fingerprint density at radius 2 is 1.93 bits per heavy atom. The van der Waals surface area contributed by atoms with E-state index in [9.17, 15) is 14.4 Å². The maximum absolute atomic E-state index is 11.2. The SMILES string of the molecule is CCCCC(=O)NCN1C(=O)CCC1=O. The predicted octanol–water partition coefficient (Wildman–Crippen LogP) is 0.399. The Balaban J connectivity index is 2.27. The number of nitrogens with zero attached hydrogens (tertiary/aromatic N) is 1. The van der Waals surface area contributed by atoms with Crippen LogP contribution in [0.4, 0.5) is 0 Å². The van der Waals surface area contributed by atoms with Gasteiger partial charge in [-0.3, -0.25) is 19.3 Å². The molecule has 1 N–H and O–H groups in total. The highest BCUT2D eigenvalue weighted by Gasteiger charge is 2.28. The van der Waals surface area contributed by atoms with Gasteiger partial charge in [-0.25, -0.2) is 0 Å². The van der Waals surface area contributed by atoms with Gasteiger partial charge in [0.25, 0.3) is 0 Å². The number of imide groups is 1. The lowest BCUT2D eigenvalue weighted by molar-refractivity contribution is -0.139. The van der Waals surface area contributed by atoms with E-state index in [4.69, 9.17) is 0 Å². The van der Waals surface area contributed by atoms with Gasteiger partial charge in [-0.2, -0.15) is 0 Å². The number of unbranched alkanes of at least 4 members (excludes halogenated alkanes) is 1. The molecule has 0 spiro atoms. The smallest absolute Gasteiger partial charge is 0.231 e. The summed E-state index contributed by atoms with van der Waals surface area (Å²) in [7, 11) is 0. The molecule has 0 aromatic rings. The molecule has 15 heavy (non-hydrogen) atoms. The summed E-state index contributed by atoms with van der Waals surface area (Å²) in [5.74, 6) is -0.504. The van der Waals surface area contributed by atoms with Gasteiger partial charge in [-0.05, 0) is 6.42 Å². The van der Waals surface area contributed by atoms with Crippen LogP contribution >= 0.6 is 0 Å². The van der Waals surface area contributed by atoms with E-state index in [1.165, 1.54) is 0 Å². The molecule has 0 aromatic heterocycles. The minimum Gasteiger partial charge on any atom is -0.338 e. The van der Waals surface area contributed by atoms with Gasteiger partial charge in [0, 0.05) is 19.3 Å². The van der Waals surface area contributed by atoms with Crippen LogP contribution in [0.3, 0.4) is 0 Å². The van der Waals surface area contributed by atoms with E-state index in [1.807, 2.05) is 6.92 Å². The van der Waals surface area contributed by atoms with Crippen LogP contribution < -0.4 is 5.32 Å². The number of hydrogen-bond donors (Lipinski definition) is 1. The molecule has 1 saturated heterocycles. The summed E-state index contributed by atoms with van der Waals surface area (Å²) in [4.78, 5) is 34.6. The molecule has 0 aromatic carbocycles. The Labute approximate surface area is 88.8 Å². The molecule has 3 amide bonds. The molecule has 1 aliphatic rings. The molecule has 1 fully saturated rings. The lowest BCUT2D eigenvalue weighted by atomic mass is 10.2. The minimum atomic E-state index is -0.198. The van der Waals surface area contributed by atoms with Crippen LogP contribution in [0.25, 0.3) is 0 Å². The first kappa shape index (κ1) is 11.7. The predicted molar refractivity (Wildman–Crippen MR) is 53.6 cm³/mol. The van der Waals surface area contributed by atoms with Crippen molar-refractivity contribution < 1.29 is 14.4 Å². The first-order valence-corrected chi connectivity index (χ1v) is 5.25. The fourth-order valence-corrected chi connectivity index (χ4v) is 1.39. The van der Waals surface area contributed by atoms with Gasteiger partial charge in [0.05, 0.1) is 0 Å². The number of nitrogens with one attached hydrogen (secondary N) is 1. The van der Waals surface area contributed by atoms with Gasteiger partial charge in [-0.1, -0.05) is 13.3 Å². The van der Waals surface area contributed by atoms with Crippen LogP contribution in [0, 0.1) is 0 Å². The molecule has 1 aliphatic heterocycles. The highest BCUT2D eigenvalue weighted by molar-refractivity contribution is 6.02. The molecule has 0 unspecified atom stereocenters. The zero-order valence-corrected chi connectivity index (χ0v) is 8.91. The fourth-order valence-electron chi connectivity index (χ4n) is 1.39. The highest BCUT2D eigenvalue weighted by atomic mass is 16.2. The van der Waals surface area contributed by atoms with E-state index in [-0.39, 0.29) is 37.2 Å². The maximum atomic E-state index is 11.2. The molecule has 0 aliphatic carbocycles. The zero-order valence-electron chi connectivity index (χ0n) is 8.91. The van der Waals surface area contributed by atoms with Crippen molar-refractivity contribution in [2.45, 2.75) is 39.0 Å². The lowest BCUT2D eigenvalue weighted by Crippen LogP contribution is -2.40. The molecule has 5 nitrogen and oxygen atoms in total. The van der Waals surface area contributed by atoms with Crippen molar-refractivity contribution in [1.29, 1.82) is 0 Å². The van der Waals surface area contributed by atoms with Gasteiger partial charge < -0.3 is 5.32 Å². The Morgan fingerprint density at radius 3 is 2.47 bits per heavy atom. The highest BCUT2D eigenvalue weighted by Crippen LogP contribution is 2.09. The maximum Gasteiger partial charge on any atom is 0.231 e.